The molecule has 4 rings (SSSR count). The van der Waals surface area contributed by atoms with Crippen LogP contribution in [-0.4, -0.2) is 54.0 Å². The minimum absolute atomic E-state index is 0.0358. The van der Waals surface area contributed by atoms with Gasteiger partial charge in [-0.1, -0.05) is 0 Å². The number of carbonyl (C=O) groups is 4. The van der Waals surface area contributed by atoms with Crippen molar-refractivity contribution in [3.05, 3.63) is 52.2 Å². The van der Waals surface area contributed by atoms with Crippen LogP contribution in [0.4, 0.5) is 0 Å². The maximum atomic E-state index is 12.3. The van der Waals surface area contributed by atoms with Gasteiger partial charge in [-0.2, -0.15) is 0 Å². The highest BCUT2D eigenvalue weighted by Gasteiger charge is 2.16. The Morgan fingerprint density at radius 3 is 1.87 bits per heavy atom. The molecule has 198 valence electrons. The Morgan fingerprint density at radius 2 is 1.26 bits per heavy atom. The molecule has 0 saturated carbocycles. The Hall–Kier alpha value is -3.96. The summed E-state index contributed by atoms with van der Waals surface area (Å²) in [6.45, 7) is 0.461. The van der Waals surface area contributed by atoms with E-state index in [1.165, 1.54) is 29.8 Å². The lowest BCUT2D eigenvalue weighted by molar-refractivity contribution is -0.137. The summed E-state index contributed by atoms with van der Waals surface area (Å²) in [5.41, 5.74) is 0. The summed E-state index contributed by atoms with van der Waals surface area (Å²) in [6.07, 6.45) is -0.501. The van der Waals surface area contributed by atoms with Crippen LogP contribution in [0.15, 0.2) is 42.5 Å². The molecular weight excluding hydrogens is 532 g/mol. The molecule has 2 heterocycles. The van der Waals surface area contributed by atoms with E-state index in [1.807, 2.05) is 12.1 Å². The van der Waals surface area contributed by atoms with Crippen molar-refractivity contribution in [2.75, 3.05) is 20.3 Å². The number of aliphatic carboxylic acids is 2. The number of benzene rings is 2. The van der Waals surface area contributed by atoms with E-state index in [-0.39, 0.29) is 50.5 Å². The highest BCUT2D eigenvalue weighted by molar-refractivity contribution is 7.21. The smallest absolute Gasteiger partial charge is 0.303 e. The van der Waals surface area contributed by atoms with Crippen molar-refractivity contribution in [3.8, 4) is 17.2 Å². The van der Waals surface area contributed by atoms with Crippen molar-refractivity contribution in [3.63, 3.8) is 0 Å². The summed E-state index contributed by atoms with van der Waals surface area (Å²) in [4.78, 5) is 47.0. The fourth-order valence-corrected chi connectivity index (χ4v) is 5.76. The summed E-state index contributed by atoms with van der Waals surface area (Å²) in [6, 6.07) is 12.5. The molecule has 0 radical (unpaired) electrons. The van der Waals surface area contributed by atoms with Crippen LogP contribution in [-0.2, 0) is 9.59 Å². The Morgan fingerprint density at radius 1 is 0.684 bits per heavy atom. The van der Waals surface area contributed by atoms with Crippen molar-refractivity contribution in [1.82, 2.24) is 0 Å². The van der Waals surface area contributed by atoms with Crippen LogP contribution in [0.1, 0.15) is 45.0 Å². The Balaban J connectivity index is 1.36. The average molecular weight is 557 g/mol. The number of Topliss-reactive ketones (excluding diaryl/α,β-unsaturated/α-hetero) is 2. The molecule has 0 saturated heterocycles. The quantitative estimate of drug-likeness (QED) is 0.148. The molecule has 0 aliphatic rings. The van der Waals surface area contributed by atoms with E-state index in [1.54, 1.807) is 30.3 Å². The fourth-order valence-electron chi connectivity index (χ4n) is 3.70. The van der Waals surface area contributed by atoms with E-state index in [0.717, 1.165) is 20.2 Å². The summed E-state index contributed by atoms with van der Waals surface area (Å²) in [5, 5.41) is 19.2. The third kappa shape index (κ3) is 6.67. The van der Waals surface area contributed by atoms with Crippen LogP contribution in [0.5, 0.6) is 17.2 Å². The van der Waals surface area contributed by atoms with E-state index in [9.17, 15) is 19.2 Å². The number of carboxylic acid groups (broad SMARTS) is 2. The molecule has 2 aromatic heterocycles. The molecule has 9 nitrogen and oxygen atoms in total. The van der Waals surface area contributed by atoms with Gasteiger partial charge in [-0.15, -0.1) is 22.7 Å². The van der Waals surface area contributed by atoms with Crippen molar-refractivity contribution in [2.45, 2.75) is 25.7 Å². The van der Waals surface area contributed by atoms with Gasteiger partial charge in [0.15, 0.2) is 23.1 Å². The Labute approximate surface area is 225 Å². The first-order valence-electron chi connectivity index (χ1n) is 11.6. The van der Waals surface area contributed by atoms with Gasteiger partial charge < -0.3 is 24.4 Å². The van der Waals surface area contributed by atoms with Gasteiger partial charge in [0, 0.05) is 28.3 Å². The van der Waals surface area contributed by atoms with Crippen LogP contribution < -0.4 is 14.2 Å². The number of hydrogen-bond acceptors (Lipinski definition) is 9. The van der Waals surface area contributed by atoms with Crippen molar-refractivity contribution < 1.29 is 43.6 Å². The molecule has 0 aliphatic heterocycles. The monoisotopic (exact) mass is 556 g/mol. The minimum atomic E-state index is -1.01. The standard InChI is InChI=1S/C27H24O9S2/c1-34-20-11-16-13-25(19(29)4-7-27(32)33)38-23(16)14-21(20)36-9-8-35-17-2-5-22-15(10-17)12-24(37-22)18(28)3-6-26(30)31/h2,5,10-14H,3-4,6-9H2,1H3,(H,30,31)(H,32,33). The molecule has 4 aromatic rings. The second-order valence-corrected chi connectivity index (χ2v) is 10.5. The van der Waals surface area contributed by atoms with Gasteiger partial charge in [0.25, 0.3) is 0 Å². The third-order valence-corrected chi connectivity index (χ3v) is 7.88. The lowest BCUT2D eigenvalue weighted by atomic mass is 10.1. The zero-order valence-electron chi connectivity index (χ0n) is 20.4. The molecule has 11 heteroatoms. The highest BCUT2D eigenvalue weighted by Crippen LogP contribution is 2.37. The molecule has 0 amide bonds. The molecule has 2 N–H and O–H groups in total. The van der Waals surface area contributed by atoms with Gasteiger partial charge in [0.1, 0.15) is 19.0 Å². The van der Waals surface area contributed by atoms with Crippen LogP contribution in [0.25, 0.3) is 20.2 Å². The number of methoxy groups -OCH3 is 1. The number of carboxylic acids is 2. The van der Waals surface area contributed by atoms with Gasteiger partial charge in [-0.25, -0.2) is 0 Å². The molecule has 0 spiro atoms. The lowest BCUT2D eigenvalue weighted by Gasteiger charge is -2.12. The van der Waals surface area contributed by atoms with Gasteiger partial charge in [0.05, 0.1) is 29.7 Å². The number of hydrogen-bond donors (Lipinski definition) is 2. The second-order valence-electron chi connectivity index (χ2n) is 8.29. The lowest BCUT2D eigenvalue weighted by Crippen LogP contribution is -2.09. The third-order valence-electron chi connectivity index (χ3n) is 5.58. The molecule has 0 unspecified atom stereocenters. The summed E-state index contributed by atoms with van der Waals surface area (Å²) in [7, 11) is 1.52. The average Bonchev–Trinajstić information content (AvgIpc) is 3.51. The maximum absolute atomic E-state index is 12.3. The number of thiophene rings is 2. The van der Waals surface area contributed by atoms with E-state index >= 15 is 0 Å². The van der Waals surface area contributed by atoms with Gasteiger partial charge in [0.2, 0.25) is 0 Å². The van der Waals surface area contributed by atoms with Crippen molar-refractivity contribution in [1.29, 1.82) is 0 Å². The maximum Gasteiger partial charge on any atom is 0.303 e. The Kier molecular flexibility index (Phi) is 8.59. The molecule has 38 heavy (non-hydrogen) atoms. The van der Waals surface area contributed by atoms with E-state index in [2.05, 4.69) is 0 Å². The SMILES string of the molecule is COc1cc2cc(C(=O)CCC(=O)O)sc2cc1OCCOc1ccc2sc(C(=O)CCC(=O)O)cc2c1. The molecule has 0 atom stereocenters. The predicted molar refractivity (Wildman–Crippen MR) is 144 cm³/mol. The zero-order valence-corrected chi connectivity index (χ0v) is 22.0. The van der Waals surface area contributed by atoms with E-state index < -0.39 is 11.9 Å². The van der Waals surface area contributed by atoms with E-state index in [4.69, 9.17) is 24.4 Å². The number of rotatable bonds is 14. The van der Waals surface area contributed by atoms with Gasteiger partial charge in [-0.05, 0) is 47.2 Å². The first kappa shape index (κ1) is 27.1. The summed E-state index contributed by atoms with van der Waals surface area (Å²) >= 11 is 2.60. The minimum Gasteiger partial charge on any atom is -0.493 e. The zero-order chi connectivity index (χ0) is 27.2. The fraction of sp³-hybridized carbons (Fsp3) is 0.259. The molecular formula is C27H24O9S2. The van der Waals surface area contributed by atoms with Gasteiger partial charge >= 0.3 is 11.9 Å². The molecule has 0 fully saturated rings. The van der Waals surface area contributed by atoms with Crippen LogP contribution in [0.3, 0.4) is 0 Å². The highest BCUT2D eigenvalue weighted by atomic mass is 32.1. The predicted octanol–water partition coefficient (Wildman–Crippen LogP) is 5.68. The van der Waals surface area contributed by atoms with Crippen molar-refractivity contribution in [2.24, 2.45) is 0 Å². The summed E-state index contributed by atoms with van der Waals surface area (Å²) in [5.74, 6) is -0.832. The van der Waals surface area contributed by atoms with Crippen molar-refractivity contribution >= 4 is 66.4 Å². The van der Waals surface area contributed by atoms with Crippen LogP contribution >= 0.6 is 22.7 Å². The number of fused-ring (bicyclic) bond motifs is 2. The van der Waals surface area contributed by atoms with Crippen LogP contribution in [0.2, 0.25) is 0 Å². The number of ketones is 2. The van der Waals surface area contributed by atoms with E-state index in [0.29, 0.717) is 27.0 Å². The van der Waals surface area contributed by atoms with Gasteiger partial charge in [-0.3, -0.25) is 19.2 Å². The number of ether oxygens (including phenoxy) is 3. The molecule has 2 aromatic carbocycles. The topological polar surface area (TPSA) is 136 Å². The molecule has 0 aliphatic carbocycles. The second kappa shape index (κ2) is 12.1. The largest absolute Gasteiger partial charge is 0.493 e. The summed E-state index contributed by atoms with van der Waals surface area (Å²) < 4.78 is 18.8. The first-order valence-corrected chi connectivity index (χ1v) is 13.3. The first-order chi connectivity index (χ1) is 18.2. The van der Waals surface area contributed by atoms with Crippen LogP contribution in [0, 0.1) is 0 Å². The molecule has 0 bridgehead atoms. The number of carbonyl (C=O) groups excluding carboxylic acids is 2. The Bertz CT molecular complexity index is 1520. The normalized spacial score (nSPS) is 11.0.